The first-order chi connectivity index (χ1) is 13.4. The average molecular weight is 430 g/mol. The second kappa shape index (κ2) is 8.46. The molecule has 3 N–H and O–H groups in total. The maximum absolute atomic E-state index is 11.5. The first-order valence-electron chi connectivity index (χ1n) is 9.11. The summed E-state index contributed by atoms with van der Waals surface area (Å²) in [5.74, 6) is 0.399. The van der Waals surface area contributed by atoms with Gasteiger partial charge >= 0.3 is 5.97 Å². The van der Waals surface area contributed by atoms with Gasteiger partial charge in [-0.1, -0.05) is 48.0 Å². The number of hydrogen-bond donors (Lipinski definition) is 2. The molecular formula is C23H21Cl2NO3. The van der Waals surface area contributed by atoms with E-state index in [0.29, 0.717) is 35.8 Å². The monoisotopic (exact) mass is 429 g/mol. The molecule has 150 valence electrons. The number of fused-ring (bicyclic) bond motifs is 1. The molecule has 1 atom stereocenters. The Balaban J connectivity index is 0.00000240. The molecule has 0 heterocycles. The molecule has 0 amide bonds. The Morgan fingerprint density at radius 2 is 1.83 bits per heavy atom. The van der Waals surface area contributed by atoms with Gasteiger partial charge in [-0.05, 0) is 59.9 Å². The molecule has 3 aromatic carbocycles. The minimum absolute atomic E-state index is 0. The van der Waals surface area contributed by atoms with Gasteiger partial charge in [0.15, 0.2) is 0 Å². The number of nitrogens with two attached hydrogens (primary N) is 1. The van der Waals surface area contributed by atoms with Crippen LogP contribution in [0.5, 0.6) is 11.5 Å². The Bertz CT molecular complexity index is 1050. The molecule has 4 nitrogen and oxygen atoms in total. The van der Waals surface area contributed by atoms with Crippen molar-refractivity contribution < 1.29 is 14.6 Å². The Kier molecular flexibility index (Phi) is 6.18. The zero-order chi connectivity index (χ0) is 19.7. The Labute approximate surface area is 180 Å². The Morgan fingerprint density at radius 1 is 1.03 bits per heavy atom. The molecule has 0 spiro atoms. The van der Waals surface area contributed by atoms with E-state index in [0.717, 1.165) is 22.3 Å². The summed E-state index contributed by atoms with van der Waals surface area (Å²) < 4.78 is 6.17. The van der Waals surface area contributed by atoms with Gasteiger partial charge in [-0.2, -0.15) is 0 Å². The van der Waals surface area contributed by atoms with Crippen molar-refractivity contribution in [3.8, 4) is 22.6 Å². The summed E-state index contributed by atoms with van der Waals surface area (Å²) in [4.78, 5) is 11.5. The molecule has 1 aliphatic rings. The van der Waals surface area contributed by atoms with Gasteiger partial charge in [0.1, 0.15) is 17.0 Å². The largest absolute Gasteiger partial charge is 0.480 e. The highest BCUT2D eigenvalue weighted by atomic mass is 35.5. The topological polar surface area (TPSA) is 72.6 Å². The van der Waals surface area contributed by atoms with Crippen LogP contribution in [0.3, 0.4) is 0 Å². The minimum Gasteiger partial charge on any atom is -0.480 e. The van der Waals surface area contributed by atoms with E-state index in [9.17, 15) is 9.90 Å². The number of carboxylic acid groups (broad SMARTS) is 1. The van der Waals surface area contributed by atoms with E-state index < -0.39 is 11.5 Å². The van der Waals surface area contributed by atoms with Crippen LogP contribution in [0, 0.1) is 0 Å². The van der Waals surface area contributed by atoms with Gasteiger partial charge in [0, 0.05) is 17.0 Å². The van der Waals surface area contributed by atoms with Gasteiger partial charge in [-0.15, -0.1) is 12.4 Å². The van der Waals surface area contributed by atoms with Gasteiger partial charge in [0.2, 0.25) is 0 Å². The average Bonchev–Trinajstić information content (AvgIpc) is 2.68. The van der Waals surface area contributed by atoms with Crippen molar-refractivity contribution in [1.29, 1.82) is 0 Å². The predicted octanol–water partition coefficient (Wildman–Crippen LogP) is 5.49. The number of hydrogen-bond acceptors (Lipinski definition) is 3. The van der Waals surface area contributed by atoms with E-state index >= 15 is 0 Å². The number of benzene rings is 3. The standard InChI is InChI=1S/C23H20ClNO3.ClH/c24-18-5-3-4-16(12-18)20-6-1-2-7-21(20)28-19-9-8-15-10-11-23(25,22(26)27)14-17(15)13-19;/h1-9,12-13H,10-11,14,25H2,(H,26,27);1H. The summed E-state index contributed by atoms with van der Waals surface area (Å²) >= 11 is 6.14. The molecule has 0 bridgehead atoms. The molecule has 0 aromatic heterocycles. The second-order valence-corrected chi connectivity index (χ2v) is 7.61. The minimum atomic E-state index is -1.22. The Hall–Kier alpha value is -2.53. The molecular weight excluding hydrogens is 409 g/mol. The summed E-state index contributed by atoms with van der Waals surface area (Å²) in [7, 11) is 0. The number of carbonyl (C=O) groups is 1. The van der Waals surface area contributed by atoms with Crippen LogP contribution in [0.2, 0.25) is 5.02 Å². The van der Waals surface area contributed by atoms with Gasteiger partial charge < -0.3 is 15.6 Å². The number of halogens is 2. The number of aryl methyl sites for hydroxylation is 1. The van der Waals surface area contributed by atoms with E-state index in [1.54, 1.807) is 0 Å². The molecule has 0 saturated carbocycles. The van der Waals surface area contributed by atoms with Crippen LogP contribution in [0.4, 0.5) is 0 Å². The van der Waals surface area contributed by atoms with Crippen LogP contribution in [-0.4, -0.2) is 16.6 Å². The number of carboxylic acids is 1. The molecule has 0 fully saturated rings. The fraction of sp³-hybridized carbons (Fsp3) is 0.174. The van der Waals surface area contributed by atoms with Gasteiger partial charge in [-0.25, -0.2) is 0 Å². The van der Waals surface area contributed by atoms with Crippen molar-refractivity contribution in [3.63, 3.8) is 0 Å². The van der Waals surface area contributed by atoms with E-state index in [-0.39, 0.29) is 12.4 Å². The lowest BCUT2D eigenvalue weighted by Gasteiger charge is -2.31. The fourth-order valence-corrected chi connectivity index (χ4v) is 3.81. The lowest BCUT2D eigenvalue weighted by molar-refractivity contribution is -0.143. The van der Waals surface area contributed by atoms with Crippen LogP contribution in [0.25, 0.3) is 11.1 Å². The van der Waals surface area contributed by atoms with E-state index in [2.05, 4.69) is 0 Å². The van der Waals surface area contributed by atoms with Crippen molar-refractivity contribution >= 4 is 30.0 Å². The number of para-hydroxylation sites is 1. The van der Waals surface area contributed by atoms with Crippen LogP contribution in [0.1, 0.15) is 17.5 Å². The van der Waals surface area contributed by atoms with Crippen molar-refractivity contribution in [2.45, 2.75) is 24.8 Å². The SMILES string of the molecule is Cl.NC1(C(=O)O)CCc2ccc(Oc3ccccc3-c3cccc(Cl)c3)cc2C1. The third-order valence-corrected chi connectivity index (χ3v) is 5.44. The quantitative estimate of drug-likeness (QED) is 0.574. The zero-order valence-electron chi connectivity index (χ0n) is 15.6. The molecule has 6 heteroatoms. The molecule has 4 rings (SSSR count). The number of ether oxygens (including phenoxy) is 1. The Morgan fingerprint density at radius 3 is 2.59 bits per heavy atom. The highest BCUT2D eigenvalue weighted by Crippen LogP contribution is 2.36. The zero-order valence-corrected chi connectivity index (χ0v) is 17.2. The van der Waals surface area contributed by atoms with Crippen molar-refractivity contribution in [2.75, 3.05) is 0 Å². The molecule has 3 aromatic rings. The van der Waals surface area contributed by atoms with Crippen molar-refractivity contribution in [3.05, 3.63) is 82.9 Å². The molecule has 1 aliphatic carbocycles. The lowest BCUT2D eigenvalue weighted by atomic mass is 9.78. The van der Waals surface area contributed by atoms with E-state index in [4.69, 9.17) is 22.1 Å². The van der Waals surface area contributed by atoms with E-state index in [1.807, 2.05) is 66.7 Å². The highest BCUT2D eigenvalue weighted by molar-refractivity contribution is 6.30. The summed E-state index contributed by atoms with van der Waals surface area (Å²) in [6, 6.07) is 21.2. The highest BCUT2D eigenvalue weighted by Gasteiger charge is 2.37. The first kappa shape index (κ1) is 21.2. The predicted molar refractivity (Wildman–Crippen MR) is 117 cm³/mol. The summed E-state index contributed by atoms with van der Waals surface area (Å²) in [5.41, 5.74) is 8.81. The normalized spacial score (nSPS) is 17.7. The maximum atomic E-state index is 11.5. The molecule has 0 saturated heterocycles. The summed E-state index contributed by atoms with van der Waals surface area (Å²) in [6.45, 7) is 0. The van der Waals surface area contributed by atoms with Crippen LogP contribution in [-0.2, 0) is 17.6 Å². The third kappa shape index (κ3) is 4.40. The van der Waals surface area contributed by atoms with Gasteiger partial charge in [0.25, 0.3) is 0 Å². The summed E-state index contributed by atoms with van der Waals surface area (Å²) in [5, 5.41) is 10.1. The van der Waals surface area contributed by atoms with Crippen LogP contribution < -0.4 is 10.5 Å². The van der Waals surface area contributed by atoms with E-state index in [1.165, 1.54) is 0 Å². The van der Waals surface area contributed by atoms with Crippen LogP contribution >= 0.6 is 24.0 Å². The molecule has 1 unspecified atom stereocenters. The maximum Gasteiger partial charge on any atom is 0.324 e. The fourth-order valence-electron chi connectivity index (χ4n) is 3.62. The lowest BCUT2D eigenvalue weighted by Crippen LogP contribution is -2.52. The van der Waals surface area contributed by atoms with Crippen LogP contribution in [0.15, 0.2) is 66.7 Å². The smallest absolute Gasteiger partial charge is 0.324 e. The molecule has 29 heavy (non-hydrogen) atoms. The van der Waals surface area contributed by atoms with Crippen molar-refractivity contribution in [1.82, 2.24) is 0 Å². The first-order valence-corrected chi connectivity index (χ1v) is 9.49. The number of rotatable bonds is 4. The van der Waals surface area contributed by atoms with Gasteiger partial charge in [-0.3, -0.25) is 4.79 Å². The van der Waals surface area contributed by atoms with Crippen molar-refractivity contribution in [2.24, 2.45) is 5.73 Å². The summed E-state index contributed by atoms with van der Waals surface area (Å²) in [6.07, 6.45) is 1.38. The number of aliphatic carboxylic acids is 1. The third-order valence-electron chi connectivity index (χ3n) is 5.20. The second-order valence-electron chi connectivity index (χ2n) is 7.18. The van der Waals surface area contributed by atoms with Gasteiger partial charge in [0.05, 0.1) is 0 Å². The molecule has 0 aliphatic heterocycles. The molecule has 0 radical (unpaired) electrons.